The molecule has 2 N–H and O–H groups in total. The third-order valence-corrected chi connectivity index (χ3v) is 3.49. The number of nitrogens with zero attached hydrogens (tertiary/aromatic N) is 1. The van der Waals surface area contributed by atoms with Crippen LogP contribution in [0.3, 0.4) is 0 Å². The van der Waals surface area contributed by atoms with Gasteiger partial charge < -0.3 is 15.2 Å². The highest BCUT2D eigenvalue weighted by Crippen LogP contribution is 2.28. The first-order valence-corrected chi connectivity index (χ1v) is 6.41. The Morgan fingerprint density at radius 2 is 1.70 bits per heavy atom. The highest BCUT2D eigenvalue weighted by molar-refractivity contribution is 5.85. The van der Waals surface area contributed by atoms with Crippen LogP contribution in [0.5, 0.6) is 11.5 Å². The van der Waals surface area contributed by atoms with Crippen molar-refractivity contribution in [3.05, 3.63) is 23.8 Å². The van der Waals surface area contributed by atoms with Crippen LogP contribution in [0.4, 0.5) is 0 Å². The van der Waals surface area contributed by atoms with Crippen molar-refractivity contribution in [2.45, 2.75) is 25.4 Å². The molecular weight excluding hydrogens is 299 g/mol. The Kier molecular flexibility index (Phi) is 8.98. The Balaban J connectivity index is 0.00000180. The molecule has 1 heterocycles. The van der Waals surface area contributed by atoms with Crippen molar-refractivity contribution >= 4 is 24.8 Å². The largest absolute Gasteiger partial charge is 0.493 e. The lowest BCUT2D eigenvalue weighted by atomic mass is 10.1. The zero-order valence-electron chi connectivity index (χ0n) is 12.0. The molecule has 2 rings (SSSR count). The van der Waals surface area contributed by atoms with Crippen LogP contribution in [0, 0.1) is 0 Å². The first-order valence-electron chi connectivity index (χ1n) is 6.41. The molecule has 4 nitrogen and oxygen atoms in total. The molecular formula is C14H24Cl2N2O2. The fourth-order valence-corrected chi connectivity index (χ4v) is 2.35. The number of hydrogen-bond donors (Lipinski definition) is 1. The van der Waals surface area contributed by atoms with Gasteiger partial charge in [0, 0.05) is 12.6 Å². The number of halogens is 2. The SMILES string of the molecule is COc1ccc(CN2CCC(N)CC2)cc1OC.Cl.Cl. The number of nitrogens with two attached hydrogens (primary N) is 1. The van der Waals surface area contributed by atoms with E-state index >= 15 is 0 Å². The second kappa shape index (κ2) is 9.29. The second-order valence-corrected chi connectivity index (χ2v) is 4.80. The number of piperidine rings is 1. The molecule has 0 saturated carbocycles. The third kappa shape index (κ3) is 5.02. The van der Waals surface area contributed by atoms with Crippen LogP contribution in [0.15, 0.2) is 18.2 Å². The predicted octanol–water partition coefficient (Wildman–Crippen LogP) is 2.47. The van der Waals surface area contributed by atoms with Gasteiger partial charge in [0.2, 0.25) is 0 Å². The lowest BCUT2D eigenvalue weighted by Crippen LogP contribution is -2.39. The van der Waals surface area contributed by atoms with E-state index in [0.717, 1.165) is 44.0 Å². The van der Waals surface area contributed by atoms with Gasteiger partial charge in [-0.25, -0.2) is 0 Å². The highest BCUT2D eigenvalue weighted by Gasteiger charge is 2.16. The molecule has 1 aliphatic heterocycles. The summed E-state index contributed by atoms with van der Waals surface area (Å²) >= 11 is 0. The first kappa shape index (κ1) is 19.3. The normalized spacial score (nSPS) is 15.9. The summed E-state index contributed by atoms with van der Waals surface area (Å²) in [5.41, 5.74) is 7.16. The Bertz CT molecular complexity index is 397. The molecule has 1 aromatic carbocycles. The summed E-state index contributed by atoms with van der Waals surface area (Å²) in [7, 11) is 3.32. The van der Waals surface area contributed by atoms with E-state index in [9.17, 15) is 0 Å². The minimum Gasteiger partial charge on any atom is -0.493 e. The van der Waals surface area contributed by atoms with E-state index in [1.807, 2.05) is 12.1 Å². The van der Waals surface area contributed by atoms with E-state index < -0.39 is 0 Å². The van der Waals surface area contributed by atoms with Gasteiger partial charge in [0.1, 0.15) is 0 Å². The molecule has 116 valence electrons. The van der Waals surface area contributed by atoms with Gasteiger partial charge in [0.15, 0.2) is 11.5 Å². The van der Waals surface area contributed by atoms with Gasteiger partial charge in [-0.05, 0) is 43.6 Å². The molecule has 0 radical (unpaired) electrons. The lowest BCUT2D eigenvalue weighted by Gasteiger charge is -2.30. The van der Waals surface area contributed by atoms with Crippen LogP contribution in [0.1, 0.15) is 18.4 Å². The van der Waals surface area contributed by atoms with E-state index in [1.54, 1.807) is 14.2 Å². The van der Waals surface area contributed by atoms with Crippen LogP contribution in [-0.2, 0) is 6.54 Å². The second-order valence-electron chi connectivity index (χ2n) is 4.80. The summed E-state index contributed by atoms with van der Waals surface area (Å²) in [6.07, 6.45) is 2.18. The molecule has 6 heteroatoms. The van der Waals surface area contributed by atoms with Gasteiger partial charge in [-0.2, -0.15) is 0 Å². The molecule has 1 saturated heterocycles. The summed E-state index contributed by atoms with van der Waals surface area (Å²) in [6.45, 7) is 3.11. The van der Waals surface area contributed by atoms with Crippen LogP contribution >= 0.6 is 24.8 Å². The molecule has 1 aliphatic rings. The van der Waals surface area contributed by atoms with Crippen LogP contribution in [-0.4, -0.2) is 38.3 Å². The Hall–Kier alpha value is -0.680. The smallest absolute Gasteiger partial charge is 0.161 e. The number of likely N-dealkylation sites (tertiary alicyclic amines) is 1. The Morgan fingerprint density at radius 3 is 2.25 bits per heavy atom. The van der Waals surface area contributed by atoms with E-state index in [4.69, 9.17) is 15.2 Å². The summed E-state index contributed by atoms with van der Waals surface area (Å²) in [5, 5.41) is 0. The molecule has 1 fully saturated rings. The van der Waals surface area contributed by atoms with E-state index in [2.05, 4.69) is 11.0 Å². The fraction of sp³-hybridized carbons (Fsp3) is 0.571. The monoisotopic (exact) mass is 322 g/mol. The van der Waals surface area contributed by atoms with Crippen LogP contribution in [0.25, 0.3) is 0 Å². The molecule has 0 atom stereocenters. The molecule has 0 unspecified atom stereocenters. The standard InChI is InChI=1S/C14H22N2O2.2ClH/c1-17-13-4-3-11(9-14(13)18-2)10-16-7-5-12(15)6-8-16;;/h3-4,9,12H,5-8,10,15H2,1-2H3;2*1H. The molecule has 0 amide bonds. The van der Waals surface area contributed by atoms with Gasteiger partial charge in [-0.3, -0.25) is 4.90 Å². The number of hydrogen-bond acceptors (Lipinski definition) is 4. The van der Waals surface area contributed by atoms with Crippen molar-refractivity contribution in [2.24, 2.45) is 5.73 Å². The van der Waals surface area contributed by atoms with Crippen molar-refractivity contribution in [3.63, 3.8) is 0 Å². The highest BCUT2D eigenvalue weighted by atomic mass is 35.5. The average molecular weight is 323 g/mol. The van der Waals surface area contributed by atoms with Gasteiger partial charge >= 0.3 is 0 Å². The van der Waals surface area contributed by atoms with Gasteiger partial charge in [0.25, 0.3) is 0 Å². The minimum atomic E-state index is 0. The Labute approximate surface area is 133 Å². The zero-order valence-corrected chi connectivity index (χ0v) is 13.6. The maximum atomic E-state index is 5.91. The Morgan fingerprint density at radius 1 is 1.10 bits per heavy atom. The maximum absolute atomic E-state index is 5.91. The van der Waals surface area contributed by atoms with Crippen molar-refractivity contribution in [3.8, 4) is 11.5 Å². The zero-order chi connectivity index (χ0) is 13.0. The molecule has 0 spiro atoms. The van der Waals surface area contributed by atoms with Crippen LogP contribution < -0.4 is 15.2 Å². The molecule has 1 aromatic rings. The average Bonchev–Trinajstić information content (AvgIpc) is 2.41. The summed E-state index contributed by atoms with van der Waals surface area (Å²) in [6, 6.07) is 6.49. The van der Waals surface area contributed by atoms with Crippen molar-refractivity contribution < 1.29 is 9.47 Å². The number of benzene rings is 1. The number of ether oxygens (including phenoxy) is 2. The minimum absolute atomic E-state index is 0. The van der Waals surface area contributed by atoms with Crippen molar-refractivity contribution in [1.29, 1.82) is 0 Å². The van der Waals surface area contributed by atoms with Crippen LogP contribution in [0.2, 0.25) is 0 Å². The number of rotatable bonds is 4. The maximum Gasteiger partial charge on any atom is 0.161 e. The quantitative estimate of drug-likeness (QED) is 0.925. The van der Waals surface area contributed by atoms with Crippen molar-refractivity contribution in [2.75, 3.05) is 27.3 Å². The molecule has 0 aliphatic carbocycles. The summed E-state index contributed by atoms with van der Waals surface area (Å²) in [5.74, 6) is 1.57. The number of methoxy groups -OCH3 is 2. The lowest BCUT2D eigenvalue weighted by molar-refractivity contribution is 0.205. The first-order chi connectivity index (χ1) is 8.72. The van der Waals surface area contributed by atoms with E-state index in [0.29, 0.717) is 6.04 Å². The molecule has 0 bridgehead atoms. The van der Waals surface area contributed by atoms with Gasteiger partial charge in [-0.15, -0.1) is 24.8 Å². The molecule has 20 heavy (non-hydrogen) atoms. The summed E-state index contributed by atoms with van der Waals surface area (Å²) < 4.78 is 10.6. The van der Waals surface area contributed by atoms with Crippen molar-refractivity contribution in [1.82, 2.24) is 4.90 Å². The topological polar surface area (TPSA) is 47.7 Å². The van der Waals surface area contributed by atoms with E-state index in [-0.39, 0.29) is 24.8 Å². The molecule has 0 aromatic heterocycles. The van der Waals surface area contributed by atoms with E-state index in [1.165, 1.54) is 5.56 Å². The fourth-order valence-electron chi connectivity index (χ4n) is 2.35. The van der Waals surface area contributed by atoms with Gasteiger partial charge in [0.05, 0.1) is 14.2 Å². The third-order valence-electron chi connectivity index (χ3n) is 3.49. The van der Waals surface area contributed by atoms with Gasteiger partial charge in [-0.1, -0.05) is 6.07 Å². The predicted molar refractivity (Wildman–Crippen MR) is 86.5 cm³/mol. The summed E-state index contributed by atoms with van der Waals surface area (Å²) in [4.78, 5) is 2.44.